The second-order valence-electron chi connectivity index (χ2n) is 7.08. The Morgan fingerprint density at radius 3 is 1.86 bits per heavy atom. The Labute approximate surface area is 134 Å². The van der Waals surface area contributed by atoms with Crippen LogP contribution in [0.1, 0.15) is 55.4 Å². The maximum atomic E-state index is 12.6. The normalized spacial score (nSPS) is 14.7. The Balaban J connectivity index is 5.61. The van der Waals surface area contributed by atoms with Crippen molar-refractivity contribution >= 4 is 12.1 Å². The van der Waals surface area contributed by atoms with Crippen molar-refractivity contribution in [3.05, 3.63) is 0 Å². The van der Waals surface area contributed by atoms with Gasteiger partial charge in [-0.15, -0.1) is 0 Å². The van der Waals surface area contributed by atoms with Crippen molar-refractivity contribution in [1.82, 2.24) is 4.90 Å². The SMILES string of the molecule is COCN(C(=O)OC(C)(C)C)[C@](C)(C(=O)OC(C)C)C(C)C. The van der Waals surface area contributed by atoms with Crippen LogP contribution in [-0.2, 0) is 19.0 Å². The van der Waals surface area contributed by atoms with Gasteiger partial charge in [0.05, 0.1) is 6.10 Å². The molecule has 0 heterocycles. The molecule has 0 aromatic rings. The van der Waals surface area contributed by atoms with Crippen molar-refractivity contribution in [2.45, 2.75) is 72.6 Å². The molecule has 0 aliphatic rings. The van der Waals surface area contributed by atoms with Crippen LogP contribution in [0.15, 0.2) is 0 Å². The van der Waals surface area contributed by atoms with Gasteiger partial charge in [0.15, 0.2) is 0 Å². The van der Waals surface area contributed by atoms with Gasteiger partial charge in [-0.1, -0.05) is 13.8 Å². The van der Waals surface area contributed by atoms with Crippen molar-refractivity contribution in [3.63, 3.8) is 0 Å². The summed E-state index contributed by atoms with van der Waals surface area (Å²) in [6, 6.07) is 0. The topological polar surface area (TPSA) is 65.1 Å². The highest BCUT2D eigenvalue weighted by Gasteiger charge is 2.48. The number of ether oxygens (including phenoxy) is 3. The lowest BCUT2D eigenvalue weighted by Crippen LogP contribution is -2.60. The molecule has 0 spiro atoms. The molecule has 0 aliphatic carbocycles. The fraction of sp³-hybridized carbons (Fsp3) is 0.875. The minimum atomic E-state index is -1.18. The maximum absolute atomic E-state index is 12.6. The van der Waals surface area contributed by atoms with Crippen molar-refractivity contribution in [2.75, 3.05) is 13.8 Å². The van der Waals surface area contributed by atoms with Crippen molar-refractivity contribution in [3.8, 4) is 0 Å². The third-order valence-corrected chi connectivity index (χ3v) is 3.31. The first-order valence-electron chi connectivity index (χ1n) is 7.56. The number of esters is 1. The molecule has 0 unspecified atom stereocenters. The second-order valence-corrected chi connectivity index (χ2v) is 7.08. The van der Waals surface area contributed by atoms with E-state index < -0.39 is 23.2 Å². The fourth-order valence-electron chi connectivity index (χ4n) is 1.81. The first-order chi connectivity index (χ1) is 9.86. The molecule has 0 radical (unpaired) electrons. The molecule has 0 aliphatic heterocycles. The van der Waals surface area contributed by atoms with Gasteiger partial charge in [-0.3, -0.25) is 4.90 Å². The van der Waals surface area contributed by atoms with Gasteiger partial charge in [0.25, 0.3) is 0 Å². The van der Waals surface area contributed by atoms with E-state index in [1.807, 2.05) is 13.8 Å². The van der Waals surface area contributed by atoms with E-state index in [4.69, 9.17) is 14.2 Å². The van der Waals surface area contributed by atoms with E-state index in [0.717, 1.165) is 0 Å². The molecule has 0 aromatic heterocycles. The van der Waals surface area contributed by atoms with E-state index in [1.165, 1.54) is 12.0 Å². The highest BCUT2D eigenvalue weighted by molar-refractivity contribution is 5.86. The van der Waals surface area contributed by atoms with Crippen LogP contribution in [0, 0.1) is 5.92 Å². The molecule has 0 rings (SSSR count). The Bertz CT molecular complexity index is 386. The van der Waals surface area contributed by atoms with E-state index >= 15 is 0 Å². The van der Waals surface area contributed by atoms with Crippen LogP contribution in [0.2, 0.25) is 0 Å². The molecule has 0 saturated carbocycles. The van der Waals surface area contributed by atoms with Crippen molar-refractivity contribution in [2.24, 2.45) is 5.92 Å². The Morgan fingerprint density at radius 1 is 1.05 bits per heavy atom. The number of rotatable bonds is 6. The number of nitrogens with zero attached hydrogens (tertiary/aromatic N) is 1. The van der Waals surface area contributed by atoms with Gasteiger partial charge >= 0.3 is 12.1 Å². The van der Waals surface area contributed by atoms with Gasteiger partial charge in [0.1, 0.15) is 17.9 Å². The molecule has 0 bridgehead atoms. The lowest BCUT2D eigenvalue weighted by Gasteiger charge is -2.42. The minimum absolute atomic E-state index is 0.0587. The first kappa shape index (κ1) is 20.7. The van der Waals surface area contributed by atoms with Gasteiger partial charge in [0.2, 0.25) is 0 Å². The van der Waals surface area contributed by atoms with Crippen LogP contribution in [0.4, 0.5) is 4.79 Å². The lowest BCUT2D eigenvalue weighted by atomic mass is 9.87. The summed E-state index contributed by atoms with van der Waals surface area (Å²) >= 11 is 0. The molecule has 1 amide bonds. The Hall–Kier alpha value is -1.30. The molecule has 1 atom stereocenters. The smallest absolute Gasteiger partial charge is 0.413 e. The highest BCUT2D eigenvalue weighted by atomic mass is 16.6. The standard InChI is InChI=1S/C16H31NO5/c1-11(2)16(8,13(18)21-12(3)4)17(10-20-9)14(19)22-15(5,6)7/h11-12H,10H2,1-9H3/t16-/m0/s1. The molecule has 0 N–H and O–H groups in total. The molecule has 6 heteroatoms. The predicted molar refractivity (Wildman–Crippen MR) is 84.4 cm³/mol. The maximum Gasteiger partial charge on any atom is 0.413 e. The summed E-state index contributed by atoms with van der Waals surface area (Å²) in [4.78, 5) is 26.4. The molecule has 130 valence electrons. The minimum Gasteiger partial charge on any atom is -0.461 e. The summed E-state index contributed by atoms with van der Waals surface area (Å²) in [5, 5.41) is 0. The third-order valence-electron chi connectivity index (χ3n) is 3.31. The van der Waals surface area contributed by atoms with E-state index in [1.54, 1.807) is 41.5 Å². The Kier molecular flexibility index (Phi) is 7.35. The van der Waals surface area contributed by atoms with Crippen LogP contribution in [0.25, 0.3) is 0 Å². The Morgan fingerprint density at radius 2 is 1.55 bits per heavy atom. The lowest BCUT2D eigenvalue weighted by molar-refractivity contribution is -0.167. The summed E-state index contributed by atoms with van der Waals surface area (Å²) < 4.78 is 15.9. The third kappa shape index (κ3) is 5.48. The van der Waals surface area contributed by atoms with Gasteiger partial charge in [-0.2, -0.15) is 0 Å². The van der Waals surface area contributed by atoms with E-state index in [9.17, 15) is 9.59 Å². The van der Waals surface area contributed by atoms with Gasteiger partial charge in [0, 0.05) is 7.11 Å². The summed E-state index contributed by atoms with van der Waals surface area (Å²) in [5.41, 5.74) is -1.84. The summed E-state index contributed by atoms with van der Waals surface area (Å²) in [5.74, 6) is -0.651. The highest BCUT2D eigenvalue weighted by Crippen LogP contribution is 2.29. The molecule has 22 heavy (non-hydrogen) atoms. The van der Waals surface area contributed by atoms with Crippen molar-refractivity contribution in [1.29, 1.82) is 0 Å². The molecular formula is C16H31NO5. The zero-order valence-electron chi connectivity index (χ0n) is 15.4. The number of amides is 1. The number of hydrogen-bond acceptors (Lipinski definition) is 5. The van der Waals surface area contributed by atoms with Gasteiger partial charge in [-0.05, 0) is 47.5 Å². The average molecular weight is 317 g/mol. The van der Waals surface area contributed by atoms with E-state index in [-0.39, 0.29) is 18.8 Å². The van der Waals surface area contributed by atoms with Crippen LogP contribution in [0.5, 0.6) is 0 Å². The number of methoxy groups -OCH3 is 1. The molecule has 6 nitrogen and oxygen atoms in total. The number of hydrogen-bond donors (Lipinski definition) is 0. The largest absolute Gasteiger partial charge is 0.461 e. The van der Waals surface area contributed by atoms with E-state index in [0.29, 0.717) is 0 Å². The van der Waals surface area contributed by atoms with Crippen molar-refractivity contribution < 1.29 is 23.8 Å². The molecule has 0 saturated heterocycles. The van der Waals surface area contributed by atoms with Crippen LogP contribution < -0.4 is 0 Å². The monoisotopic (exact) mass is 317 g/mol. The molecular weight excluding hydrogens is 286 g/mol. The zero-order chi connectivity index (χ0) is 17.7. The molecule has 0 aromatic carbocycles. The van der Waals surface area contributed by atoms with Crippen LogP contribution >= 0.6 is 0 Å². The van der Waals surface area contributed by atoms with Gasteiger partial charge < -0.3 is 14.2 Å². The van der Waals surface area contributed by atoms with E-state index in [2.05, 4.69) is 0 Å². The summed E-state index contributed by atoms with van der Waals surface area (Å²) in [6.07, 6.45) is -0.875. The zero-order valence-corrected chi connectivity index (χ0v) is 15.4. The second kappa shape index (κ2) is 7.81. The average Bonchev–Trinajstić information content (AvgIpc) is 2.31. The molecule has 0 fully saturated rings. The quantitative estimate of drug-likeness (QED) is 0.556. The van der Waals surface area contributed by atoms with Crippen LogP contribution in [0.3, 0.4) is 0 Å². The predicted octanol–water partition coefficient (Wildman–Crippen LogP) is 3.19. The number of carbonyl (C=O) groups is 2. The van der Waals surface area contributed by atoms with Crippen LogP contribution in [-0.4, -0.2) is 48.0 Å². The fourth-order valence-corrected chi connectivity index (χ4v) is 1.81. The van der Waals surface area contributed by atoms with Gasteiger partial charge in [-0.25, -0.2) is 9.59 Å². The summed E-state index contributed by atoms with van der Waals surface area (Å²) in [7, 11) is 1.46. The number of carbonyl (C=O) groups excluding carboxylic acids is 2. The first-order valence-corrected chi connectivity index (χ1v) is 7.56. The summed E-state index contributed by atoms with van der Waals surface area (Å²) in [6.45, 7) is 14.2.